The molecule has 2 rings (SSSR count). The van der Waals surface area contributed by atoms with Crippen molar-refractivity contribution in [2.24, 2.45) is 0 Å². The number of halogens is 1. The average Bonchev–Trinajstić information content (AvgIpc) is 2.49. The van der Waals surface area contributed by atoms with Gasteiger partial charge < -0.3 is 14.1 Å². The molecule has 0 atom stereocenters. The topological polar surface area (TPSA) is 101 Å². The Labute approximate surface area is 137 Å². The van der Waals surface area contributed by atoms with Crippen LogP contribution in [0.2, 0.25) is 5.02 Å². The van der Waals surface area contributed by atoms with Crippen molar-refractivity contribution in [1.29, 1.82) is 0 Å². The molecule has 6 nitrogen and oxygen atoms in total. The number of carbonyl (C=O) groups is 2. The van der Waals surface area contributed by atoms with Crippen LogP contribution in [0.15, 0.2) is 47.4 Å². The first-order valence-corrected chi connectivity index (χ1v) is 8.06. The fraction of sp³-hybridized carbons (Fsp3) is 0.0667. The number of carboxylic acids is 1. The minimum absolute atomic E-state index is 0.164. The largest absolute Gasteiger partial charge is 0.545 e. The summed E-state index contributed by atoms with van der Waals surface area (Å²) < 4.78 is 29.2. The summed E-state index contributed by atoms with van der Waals surface area (Å²) in [6.07, 6.45) is 0. The fourth-order valence-electron chi connectivity index (χ4n) is 1.72. The van der Waals surface area contributed by atoms with Crippen molar-refractivity contribution in [3.63, 3.8) is 0 Å². The summed E-state index contributed by atoms with van der Waals surface area (Å²) in [6, 6.07) is 8.45. The Morgan fingerprint density at radius 3 is 2.09 bits per heavy atom. The second kappa shape index (κ2) is 6.39. The number of carboxylic acid groups (broad SMARTS) is 1. The summed E-state index contributed by atoms with van der Waals surface area (Å²) in [6.45, 7) is 1.36. The molecule has 0 saturated carbocycles. The smallest absolute Gasteiger partial charge is 0.339 e. The van der Waals surface area contributed by atoms with Gasteiger partial charge in [0.15, 0.2) is 11.5 Å². The van der Waals surface area contributed by atoms with E-state index in [0.717, 1.165) is 18.2 Å². The zero-order chi connectivity index (χ0) is 17.2. The van der Waals surface area contributed by atoms with Crippen molar-refractivity contribution in [3.05, 3.63) is 58.6 Å². The van der Waals surface area contributed by atoms with Crippen LogP contribution in [0.25, 0.3) is 0 Å². The molecule has 23 heavy (non-hydrogen) atoms. The molecule has 0 amide bonds. The number of hydrogen-bond donors (Lipinski definition) is 0. The van der Waals surface area contributed by atoms with E-state index in [1.165, 1.54) is 31.2 Å². The number of benzene rings is 2. The maximum Gasteiger partial charge on any atom is 0.339 e. The van der Waals surface area contributed by atoms with Gasteiger partial charge in [-0.05, 0) is 42.8 Å². The molecule has 0 saturated heterocycles. The first kappa shape index (κ1) is 17.0. The molecule has 0 radical (unpaired) electrons. The average molecular weight is 354 g/mol. The van der Waals surface area contributed by atoms with Gasteiger partial charge in [0.2, 0.25) is 0 Å². The van der Waals surface area contributed by atoms with Crippen LogP contribution in [0.4, 0.5) is 0 Å². The quantitative estimate of drug-likeness (QED) is 0.598. The normalized spacial score (nSPS) is 11.0. The van der Waals surface area contributed by atoms with E-state index in [4.69, 9.17) is 15.8 Å². The van der Waals surface area contributed by atoms with Crippen LogP contribution in [0.1, 0.15) is 27.6 Å². The van der Waals surface area contributed by atoms with Gasteiger partial charge in [-0.2, -0.15) is 8.42 Å². The third-order valence-electron chi connectivity index (χ3n) is 2.92. The van der Waals surface area contributed by atoms with Crippen LogP contribution in [-0.2, 0) is 10.1 Å². The van der Waals surface area contributed by atoms with Crippen molar-refractivity contribution in [2.75, 3.05) is 0 Å². The van der Waals surface area contributed by atoms with E-state index in [-0.39, 0.29) is 27.0 Å². The van der Waals surface area contributed by atoms with E-state index in [2.05, 4.69) is 0 Å². The van der Waals surface area contributed by atoms with Crippen LogP contribution in [0.3, 0.4) is 0 Å². The molecule has 0 spiro atoms. The lowest BCUT2D eigenvalue weighted by Gasteiger charge is -2.10. The van der Waals surface area contributed by atoms with E-state index in [9.17, 15) is 23.1 Å². The zero-order valence-corrected chi connectivity index (χ0v) is 13.3. The molecule has 0 N–H and O–H groups in total. The summed E-state index contributed by atoms with van der Waals surface area (Å²) >= 11 is 5.81. The van der Waals surface area contributed by atoms with Crippen molar-refractivity contribution >= 4 is 33.5 Å². The maximum atomic E-state index is 12.2. The summed E-state index contributed by atoms with van der Waals surface area (Å²) in [4.78, 5) is 21.7. The Morgan fingerprint density at radius 2 is 1.61 bits per heavy atom. The van der Waals surface area contributed by atoms with Gasteiger partial charge in [-0.1, -0.05) is 23.7 Å². The highest BCUT2D eigenvalue weighted by molar-refractivity contribution is 7.87. The predicted molar refractivity (Wildman–Crippen MR) is 80.0 cm³/mol. The number of Topliss-reactive ketones (excluding diaryl/α,β-unsaturated/α-hetero) is 1. The van der Waals surface area contributed by atoms with E-state index >= 15 is 0 Å². The molecule has 8 heteroatoms. The third-order valence-corrected chi connectivity index (χ3v) is 4.46. The highest BCUT2D eigenvalue weighted by Crippen LogP contribution is 2.28. The standard InChI is InChI=1S/C15H11ClO6S/c1-9(17)10-2-5-12(6-3-10)23(20,21)22-14-7-4-11(15(18)19)8-13(14)16/h2-8H,1H3,(H,18,19)/p-1. The predicted octanol–water partition coefficient (Wildman–Crippen LogP) is 1.67. The molecule has 0 unspecified atom stereocenters. The highest BCUT2D eigenvalue weighted by Gasteiger charge is 2.19. The Balaban J connectivity index is 2.31. The summed E-state index contributed by atoms with van der Waals surface area (Å²) in [5.41, 5.74) is 0.158. The lowest BCUT2D eigenvalue weighted by atomic mass is 10.2. The van der Waals surface area contributed by atoms with E-state index in [1.807, 2.05) is 0 Å². The number of carbonyl (C=O) groups excluding carboxylic acids is 2. The molecule has 0 aliphatic carbocycles. The van der Waals surface area contributed by atoms with Crippen molar-refractivity contribution in [1.82, 2.24) is 0 Å². The molecular formula is C15H10ClO6S-. The second-order valence-corrected chi connectivity index (χ2v) is 6.50. The number of ketones is 1. The van der Waals surface area contributed by atoms with Crippen molar-refractivity contribution in [2.45, 2.75) is 11.8 Å². The highest BCUT2D eigenvalue weighted by atomic mass is 35.5. The molecule has 120 valence electrons. The van der Waals surface area contributed by atoms with Gasteiger partial charge in [-0.15, -0.1) is 0 Å². The maximum absolute atomic E-state index is 12.2. The first-order valence-electron chi connectivity index (χ1n) is 6.27. The minimum Gasteiger partial charge on any atom is -0.545 e. The van der Waals surface area contributed by atoms with Crippen LogP contribution < -0.4 is 9.29 Å². The van der Waals surface area contributed by atoms with Gasteiger partial charge in [0, 0.05) is 5.56 Å². The van der Waals surface area contributed by atoms with E-state index in [0.29, 0.717) is 5.56 Å². The summed E-state index contributed by atoms with van der Waals surface area (Å²) in [7, 11) is -4.17. The number of aromatic carboxylic acids is 1. The number of hydrogen-bond acceptors (Lipinski definition) is 6. The Morgan fingerprint density at radius 1 is 1.04 bits per heavy atom. The van der Waals surface area contributed by atoms with E-state index < -0.39 is 16.1 Å². The first-order chi connectivity index (χ1) is 10.7. The monoisotopic (exact) mass is 353 g/mol. The molecule has 2 aromatic carbocycles. The SMILES string of the molecule is CC(=O)c1ccc(S(=O)(=O)Oc2ccc(C(=O)[O-])cc2Cl)cc1. The lowest BCUT2D eigenvalue weighted by molar-refractivity contribution is -0.255. The Kier molecular flexibility index (Phi) is 4.72. The van der Waals surface area contributed by atoms with Gasteiger partial charge >= 0.3 is 10.1 Å². The summed E-state index contributed by atoms with van der Waals surface area (Å²) in [5, 5.41) is 10.5. The molecule has 0 heterocycles. The van der Waals surface area contributed by atoms with Crippen LogP contribution in [0.5, 0.6) is 5.75 Å². The molecule has 0 aromatic heterocycles. The molecule has 2 aromatic rings. The molecular weight excluding hydrogens is 344 g/mol. The van der Waals surface area contributed by atoms with Gasteiger partial charge in [0.1, 0.15) is 4.90 Å². The Hall–Kier alpha value is -2.38. The van der Waals surface area contributed by atoms with Gasteiger partial charge in [-0.3, -0.25) is 4.79 Å². The van der Waals surface area contributed by atoms with Crippen LogP contribution in [-0.4, -0.2) is 20.2 Å². The Bertz CT molecular complexity index is 871. The van der Waals surface area contributed by atoms with Crippen molar-refractivity contribution < 1.29 is 27.3 Å². The van der Waals surface area contributed by atoms with Crippen molar-refractivity contribution in [3.8, 4) is 5.75 Å². The van der Waals surface area contributed by atoms with Gasteiger partial charge in [0.25, 0.3) is 0 Å². The third kappa shape index (κ3) is 3.88. The minimum atomic E-state index is -4.17. The zero-order valence-electron chi connectivity index (χ0n) is 11.8. The number of rotatable bonds is 5. The van der Waals surface area contributed by atoms with Crippen LogP contribution >= 0.6 is 11.6 Å². The van der Waals surface area contributed by atoms with Crippen LogP contribution in [0, 0.1) is 0 Å². The molecule has 0 aliphatic heterocycles. The molecule has 0 aliphatic rings. The fourth-order valence-corrected chi connectivity index (χ4v) is 2.93. The summed E-state index contributed by atoms with van der Waals surface area (Å²) in [5.74, 6) is -1.86. The van der Waals surface area contributed by atoms with Gasteiger partial charge in [0.05, 0.1) is 11.0 Å². The van der Waals surface area contributed by atoms with Gasteiger partial charge in [-0.25, -0.2) is 0 Å². The molecule has 0 bridgehead atoms. The lowest BCUT2D eigenvalue weighted by Crippen LogP contribution is -2.22. The van der Waals surface area contributed by atoms with E-state index in [1.54, 1.807) is 0 Å². The second-order valence-electron chi connectivity index (χ2n) is 4.55. The molecule has 0 fully saturated rings.